The highest BCUT2D eigenvalue weighted by Gasteiger charge is 2.65. The molecule has 0 atom stereocenters. The van der Waals surface area contributed by atoms with Gasteiger partial charge in [-0.05, 0) is 0 Å². The van der Waals surface area contributed by atoms with E-state index in [1.54, 1.807) is 0 Å². The smallest absolute Gasteiger partial charge is 0.411 e. The largest absolute Gasteiger partial charge is 0.477 e. The van der Waals surface area contributed by atoms with Crippen molar-refractivity contribution in [3.8, 4) is 0 Å². The summed E-state index contributed by atoms with van der Waals surface area (Å²) in [7, 11) is 0. The van der Waals surface area contributed by atoms with Crippen LogP contribution in [0.3, 0.4) is 0 Å². The van der Waals surface area contributed by atoms with Crippen LogP contribution >= 0.6 is 0 Å². The van der Waals surface area contributed by atoms with Crippen molar-refractivity contribution in [1.29, 1.82) is 0 Å². The lowest BCUT2D eigenvalue weighted by Gasteiger charge is -2.20. The highest BCUT2D eigenvalue weighted by Crippen LogP contribution is 2.40. The van der Waals surface area contributed by atoms with Crippen LogP contribution in [0.25, 0.3) is 0 Å². The highest BCUT2D eigenvalue weighted by atomic mass is 19.3. The number of carboxylic acid groups (broad SMARTS) is 1. The van der Waals surface area contributed by atoms with Gasteiger partial charge < -0.3 is 5.11 Å². The molecule has 0 heterocycles. The minimum Gasteiger partial charge on any atom is -0.477 e. The molecule has 76 valence electrons. The highest BCUT2D eigenvalue weighted by molar-refractivity contribution is 5.77. The van der Waals surface area contributed by atoms with Gasteiger partial charge in [-0.1, -0.05) is 0 Å². The summed E-state index contributed by atoms with van der Waals surface area (Å²) >= 11 is 0. The molecule has 0 rings (SSSR count). The second-order valence-corrected chi connectivity index (χ2v) is 1.91. The molecule has 0 aromatic rings. The zero-order valence-corrected chi connectivity index (χ0v) is 5.70. The quantitative estimate of drug-likeness (QED) is 0.721. The Kier molecular flexibility index (Phi) is 2.96. The Hall–Kier alpha value is -1.21. The van der Waals surface area contributed by atoms with E-state index in [2.05, 4.69) is 0 Å². The molecule has 0 amide bonds. The van der Waals surface area contributed by atoms with Crippen LogP contribution in [0, 0.1) is 0 Å². The van der Waals surface area contributed by atoms with E-state index in [0.29, 0.717) is 0 Å². The monoisotopic (exact) mass is 208 g/mol. The van der Waals surface area contributed by atoms with E-state index in [1.165, 1.54) is 0 Å². The fourth-order valence-corrected chi connectivity index (χ4v) is 0.353. The fraction of sp³-hybridized carbons (Fsp3) is 0.400. The predicted octanol–water partition coefficient (Wildman–Crippen LogP) is 2.12. The summed E-state index contributed by atoms with van der Waals surface area (Å²) in [6.45, 7) is 0. The van der Waals surface area contributed by atoms with Gasteiger partial charge in [-0.15, -0.1) is 0 Å². The van der Waals surface area contributed by atoms with Crippen molar-refractivity contribution in [2.45, 2.75) is 11.8 Å². The summed E-state index contributed by atoms with van der Waals surface area (Å²) < 4.78 is 70.9. The molecule has 0 saturated carbocycles. The molecule has 0 saturated heterocycles. The fourth-order valence-electron chi connectivity index (χ4n) is 0.353. The first-order valence-electron chi connectivity index (χ1n) is 2.63. The van der Waals surface area contributed by atoms with Gasteiger partial charge in [0.25, 0.3) is 0 Å². The normalized spacial score (nSPS) is 14.5. The molecule has 8 heteroatoms. The number of alkyl halides is 4. The Morgan fingerprint density at radius 2 is 1.54 bits per heavy atom. The molecule has 2 nitrogen and oxygen atoms in total. The summed E-state index contributed by atoms with van der Waals surface area (Å²) in [5.41, 5.74) is 0. The van der Waals surface area contributed by atoms with Gasteiger partial charge in [-0.25, -0.2) is 13.6 Å². The van der Waals surface area contributed by atoms with E-state index >= 15 is 0 Å². The third kappa shape index (κ3) is 1.76. The van der Waals surface area contributed by atoms with Crippen LogP contribution in [0.15, 0.2) is 12.2 Å². The first-order chi connectivity index (χ1) is 5.67. The van der Waals surface area contributed by atoms with E-state index in [4.69, 9.17) is 5.11 Å². The number of hydrogen-bond donors (Lipinski definition) is 1. The molecule has 0 radical (unpaired) electrons. The lowest BCUT2D eigenvalue weighted by atomic mass is 10.1. The number of allylic oxidation sites excluding steroid dienone is 1. The molecule has 13 heavy (non-hydrogen) atoms. The van der Waals surface area contributed by atoms with Gasteiger partial charge in [-0.3, -0.25) is 0 Å². The van der Waals surface area contributed by atoms with E-state index in [1.807, 2.05) is 0 Å². The minimum atomic E-state index is -5.69. The molecule has 0 bridgehead atoms. The molecule has 0 aliphatic carbocycles. The molecular weight excluding hydrogens is 206 g/mol. The topological polar surface area (TPSA) is 37.3 Å². The number of carboxylic acids is 1. The minimum absolute atomic E-state index is 1.42. The van der Waals surface area contributed by atoms with Crippen molar-refractivity contribution in [3.63, 3.8) is 0 Å². The number of halogens is 6. The van der Waals surface area contributed by atoms with Gasteiger partial charge in [-0.2, -0.15) is 17.6 Å². The summed E-state index contributed by atoms with van der Waals surface area (Å²) in [5.74, 6) is -17.7. The van der Waals surface area contributed by atoms with Crippen LogP contribution in [0.5, 0.6) is 0 Å². The van der Waals surface area contributed by atoms with E-state index < -0.39 is 30.0 Å². The molecular formula is C5H2F6O2. The van der Waals surface area contributed by atoms with E-state index in [0.717, 1.165) is 0 Å². The molecule has 0 aliphatic heterocycles. The second kappa shape index (κ2) is 3.27. The van der Waals surface area contributed by atoms with E-state index in [9.17, 15) is 31.1 Å². The first kappa shape index (κ1) is 11.8. The van der Waals surface area contributed by atoms with Crippen LogP contribution in [-0.2, 0) is 4.79 Å². The Morgan fingerprint density at radius 3 is 1.77 bits per heavy atom. The number of rotatable bonds is 3. The second-order valence-electron chi connectivity index (χ2n) is 1.91. The van der Waals surface area contributed by atoms with Crippen molar-refractivity contribution in [1.82, 2.24) is 0 Å². The molecule has 0 aromatic carbocycles. The van der Waals surface area contributed by atoms with Crippen LogP contribution in [0.4, 0.5) is 26.3 Å². The van der Waals surface area contributed by atoms with Gasteiger partial charge in [0.05, 0.1) is 0 Å². The zero-order chi connectivity index (χ0) is 10.9. The molecule has 0 aliphatic rings. The standard InChI is InChI=1S/C5H2F6O2/c6-1-2(7)4(8,9)5(10,11)3(12)13/h1H,(H,12,13). The lowest BCUT2D eigenvalue weighted by Crippen LogP contribution is -2.47. The van der Waals surface area contributed by atoms with Crippen molar-refractivity contribution in [2.75, 3.05) is 0 Å². The maximum Gasteiger partial charge on any atom is 0.411 e. The maximum absolute atomic E-state index is 12.0. The lowest BCUT2D eigenvalue weighted by molar-refractivity contribution is -0.216. The summed E-state index contributed by atoms with van der Waals surface area (Å²) in [6, 6.07) is 0. The summed E-state index contributed by atoms with van der Waals surface area (Å²) in [4.78, 5) is 9.54. The Balaban J connectivity index is 5.15. The van der Waals surface area contributed by atoms with Gasteiger partial charge in [0.1, 0.15) is 6.33 Å². The van der Waals surface area contributed by atoms with E-state index in [-0.39, 0.29) is 0 Å². The average Bonchev–Trinajstić information content (AvgIpc) is 2.02. The Morgan fingerprint density at radius 1 is 1.15 bits per heavy atom. The number of hydrogen-bond acceptors (Lipinski definition) is 1. The van der Waals surface area contributed by atoms with Crippen molar-refractivity contribution in [2.24, 2.45) is 0 Å². The van der Waals surface area contributed by atoms with Crippen molar-refractivity contribution >= 4 is 5.97 Å². The Labute approximate surface area is 67.5 Å². The number of carbonyl (C=O) groups is 1. The van der Waals surface area contributed by atoms with Crippen LogP contribution in [0.1, 0.15) is 0 Å². The van der Waals surface area contributed by atoms with Gasteiger partial charge >= 0.3 is 17.8 Å². The molecule has 1 N–H and O–H groups in total. The number of aliphatic carboxylic acids is 1. The third-order valence-corrected chi connectivity index (χ3v) is 1.06. The molecule has 0 unspecified atom stereocenters. The third-order valence-electron chi connectivity index (χ3n) is 1.06. The van der Waals surface area contributed by atoms with Crippen LogP contribution in [-0.4, -0.2) is 22.9 Å². The van der Waals surface area contributed by atoms with Crippen molar-refractivity contribution < 1.29 is 36.2 Å². The Bertz CT molecular complexity index is 245. The first-order valence-corrected chi connectivity index (χ1v) is 2.63. The summed E-state index contributed by atoms with van der Waals surface area (Å²) in [5, 5.41) is 7.57. The van der Waals surface area contributed by atoms with Gasteiger partial charge in [0.15, 0.2) is 0 Å². The summed E-state index contributed by atoms with van der Waals surface area (Å²) in [6.07, 6.45) is -1.42. The van der Waals surface area contributed by atoms with Crippen molar-refractivity contribution in [3.05, 3.63) is 12.2 Å². The molecule has 0 spiro atoms. The molecule has 0 fully saturated rings. The zero-order valence-electron chi connectivity index (χ0n) is 5.70. The molecule has 0 aromatic heterocycles. The van der Waals surface area contributed by atoms with Gasteiger partial charge in [0, 0.05) is 0 Å². The van der Waals surface area contributed by atoms with Gasteiger partial charge in [0.2, 0.25) is 5.83 Å². The predicted molar refractivity (Wildman–Crippen MR) is 27.8 cm³/mol. The van der Waals surface area contributed by atoms with Crippen LogP contribution in [0.2, 0.25) is 0 Å². The maximum atomic E-state index is 12.0. The average molecular weight is 208 g/mol. The van der Waals surface area contributed by atoms with Crippen LogP contribution < -0.4 is 0 Å². The SMILES string of the molecule is O=C(O)C(F)(F)C(F)(F)C(F)=CF.